The minimum Gasteiger partial charge on any atom is -0.488 e. The Balaban J connectivity index is 1.60. The van der Waals surface area contributed by atoms with Crippen molar-refractivity contribution in [3.05, 3.63) is 48.5 Å². The van der Waals surface area contributed by atoms with Crippen molar-refractivity contribution in [3.63, 3.8) is 0 Å². The smallest absolute Gasteiger partial charge is 0.326 e. The van der Waals surface area contributed by atoms with Gasteiger partial charge in [-0.25, -0.2) is 4.98 Å². The molecule has 1 aliphatic carbocycles. The fraction of sp³-hybridized carbons (Fsp3) is 0.517. The summed E-state index contributed by atoms with van der Waals surface area (Å²) in [5.74, 6) is 2.90. The molecule has 1 fully saturated rings. The predicted octanol–water partition coefficient (Wildman–Crippen LogP) is 6.88. The van der Waals surface area contributed by atoms with Gasteiger partial charge in [0, 0.05) is 5.56 Å². The van der Waals surface area contributed by atoms with E-state index in [0.29, 0.717) is 17.8 Å². The zero-order valence-electron chi connectivity index (χ0n) is 21.4. The van der Waals surface area contributed by atoms with Crippen LogP contribution in [0, 0.1) is 17.8 Å². The first-order valence-corrected chi connectivity index (χ1v) is 12.5. The van der Waals surface area contributed by atoms with Crippen LogP contribution in [0.1, 0.15) is 60.8 Å². The van der Waals surface area contributed by atoms with Gasteiger partial charge in [-0.05, 0) is 87.8 Å². The monoisotopic (exact) mass is 462 g/mol. The number of esters is 1. The van der Waals surface area contributed by atoms with Crippen LogP contribution in [0.15, 0.2) is 48.5 Å². The summed E-state index contributed by atoms with van der Waals surface area (Å²) in [5, 5.41) is 0. The Morgan fingerprint density at radius 3 is 2.47 bits per heavy atom. The molecule has 3 aromatic rings. The van der Waals surface area contributed by atoms with Gasteiger partial charge in [-0.15, -0.1) is 0 Å². The van der Waals surface area contributed by atoms with Crippen LogP contribution in [0.5, 0.6) is 5.75 Å². The van der Waals surface area contributed by atoms with Gasteiger partial charge in [0.05, 0.1) is 11.0 Å². The molecule has 1 saturated carbocycles. The maximum atomic E-state index is 13.2. The second kappa shape index (κ2) is 9.81. The third kappa shape index (κ3) is 5.63. The molecule has 5 heteroatoms. The average Bonchev–Trinajstić information content (AvgIpc) is 3.11. The van der Waals surface area contributed by atoms with Gasteiger partial charge in [0.2, 0.25) is 0 Å². The number of para-hydroxylation sites is 2. The van der Waals surface area contributed by atoms with E-state index >= 15 is 0 Å². The van der Waals surface area contributed by atoms with Crippen LogP contribution in [0.2, 0.25) is 0 Å². The van der Waals surface area contributed by atoms with Gasteiger partial charge in [0.25, 0.3) is 0 Å². The van der Waals surface area contributed by atoms with Crippen molar-refractivity contribution in [1.82, 2.24) is 9.55 Å². The van der Waals surface area contributed by atoms with E-state index in [4.69, 9.17) is 14.5 Å². The molecule has 4 rings (SSSR count). The third-order valence-corrected chi connectivity index (χ3v) is 6.72. The highest BCUT2D eigenvalue weighted by atomic mass is 16.5. The van der Waals surface area contributed by atoms with Crippen molar-refractivity contribution in [3.8, 4) is 17.1 Å². The van der Waals surface area contributed by atoms with Crippen molar-refractivity contribution < 1.29 is 14.3 Å². The number of fused-ring (bicyclic) bond motifs is 1. The SMILES string of the molecule is CC1CCC(C(C)C)[C@H](OC(=O)Cn2c(-c3ccc(OC(C)(C)C)cc3)nc3ccccc32)C1. The maximum absolute atomic E-state index is 13.2. The molecule has 0 bridgehead atoms. The summed E-state index contributed by atoms with van der Waals surface area (Å²) < 4.78 is 14.1. The van der Waals surface area contributed by atoms with Crippen molar-refractivity contribution in [2.24, 2.45) is 17.8 Å². The Kier molecular flexibility index (Phi) is 7.01. The van der Waals surface area contributed by atoms with Gasteiger partial charge in [-0.2, -0.15) is 0 Å². The second-order valence-corrected chi connectivity index (χ2v) is 11.1. The Morgan fingerprint density at radius 1 is 1.09 bits per heavy atom. The molecule has 1 aliphatic rings. The first-order valence-electron chi connectivity index (χ1n) is 12.5. The Hall–Kier alpha value is -2.82. The lowest BCUT2D eigenvalue weighted by atomic mass is 9.75. The number of imidazole rings is 1. The highest BCUT2D eigenvalue weighted by Gasteiger charge is 2.33. The standard InChI is InChI=1S/C29H38N2O3/c1-19(2)23-16-11-20(3)17-26(23)33-27(32)18-31-25-10-8-7-9-24(25)30-28(31)21-12-14-22(15-13-21)34-29(4,5)6/h7-10,12-15,19-20,23,26H,11,16-18H2,1-6H3/t20?,23?,26-/m1/s1. The molecular formula is C29H38N2O3. The minimum absolute atomic E-state index is 0.0108. The van der Waals surface area contributed by atoms with E-state index in [0.717, 1.165) is 41.0 Å². The fourth-order valence-electron chi connectivity index (χ4n) is 5.07. The van der Waals surface area contributed by atoms with E-state index in [2.05, 4.69) is 20.8 Å². The lowest BCUT2D eigenvalue weighted by molar-refractivity contribution is -0.156. The summed E-state index contributed by atoms with van der Waals surface area (Å²) >= 11 is 0. The van der Waals surface area contributed by atoms with E-state index in [-0.39, 0.29) is 24.2 Å². The molecule has 0 amide bonds. The number of hydrogen-bond donors (Lipinski definition) is 0. The van der Waals surface area contributed by atoms with Gasteiger partial charge in [-0.1, -0.05) is 39.3 Å². The number of aromatic nitrogens is 2. The van der Waals surface area contributed by atoms with Gasteiger partial charge < -0.3 is 14.0 Å². The van der Waals surface area contributed by atoms with Crippen LogP contribution in [-0.4, -0.2) is 27.2 Å². The van der Waals surface area contributed by atoms with E-state index in [9.17, 15) is 4.79 Å². The van der Waals surface area contributed by atoms with Gasteiger partial charge >= 0.3 is 5.97 Å². The Morgan fingerprint density at radius 2 is 1.79 bits per heavy atom. The highest BCUT2D eigenvalue weighted by Crippen LogP contribution is 2.36. The number of carbonyl (C=O) groups excluding carboxylic acids is 1. The normalized spacial score (nSPS) is 21.1. The van der Waals surface area contributed by atoms with Crippen LogP contribution in [0.3, 0.4) is 0 Å². The summed E-state index contributed by atoms with van der Waals surface area (Å²) in [6.45, 7) is 13.0. The van der Waals surface area contributed by atoms with E-state index in [1.807, 2.05) is 73.9 Å². The van der Waals surface area contributed by atoms with E-state index in [1.165, 1.54) is 6.42 Å². The number of ether oxygens (including phenoxy) is 2. The lowest BCUT2D eigenvalue weighted by Gasteiger charge is -2.36. The summed E-state index contributed by atoms with van der Waals surface area (Å²) in [5.41, 5.74) is 2.48. The topological polar surface area (TPSA) is 53.4 Å². The largest absolute Gasteiger partial charge is 0.488 e. The molecule has 182 valence electrons. The summed E-state index contributed by atoms with van der Waals surface area (Å²) in [4.78, 5) is 18.1. The van der Waals surface area contributed by atoms with Gasteiger partial charge in [-0.3, -0.25) is 4.79 Å². The lowest BCUT2D eigenvalue weighted by Crippen LogP contribution is -2.36. The molecule has 1 aromatic heterocycles. The second-order valence-electron chi connectivity index (χ2n) is 11.1. The van der Waals surface area contributed by atoms with Crippen LogP contribution in [0.25, 0.3) is 22.4 Å². The maximum Gasteiger partial charge on any atom is 0.326 e. The summed E-state index contributed by atoms with van der Waals surface area (Å²) in [7, 11) is 0. The molecule has 2 unspecified atom stereocenters. The Bertz CT molecular complexity index is 1120. The van der Waals surface area contributed by atoms with Crippen LogP contribution >= 0.6 is 0 Å². The summed E-state index contributed by atoms with van der Waals surface area (Å²) in [6.07, 6.45) is 3.27. The molecule has 1 heterocycles. The zero-order chi connectivity index (χ0) is 24.5. The predicted molar refractivity (Wildman–Crippen MR) is 137 cm³/mol. The molecule has 5 nitrogen and oxygen atoms in total. The van der Waals surface area contributed by atoms with Gasteiger partial charge in [0.1, 0.15) is 29.8 Å². The van der Waals surface area contributed by atoms with Gasteiger partial charge in [0.15, 0.2) is 0 Å². The molecule has 0 spiro atoms. The number of rotatable bonds is 6. The van der Waals surface area contributed by atoms with E-state index in [1.54, 1.807) is 0 Å². The number of hydrogen-bond acceptors (Lipinski definition) is 4. The van der Waals surface area contributed by atoms with Crippen molar-refractivity contribution in [1.29, 1.82) is 0 Å². The molecule has 0 radical (unpaired) electrons. The Labute approximate surface area is 203 Å². The van der Waals surface area contributed by atoms with Crippen LogP contribution < -0.4 is 4.74 Å². The highest BCUT2D eigenvalue weighted by molar-refractivity contribution is 5.83. The minimum atomic E-state index is -0.261. The molecule has 34 heavy (non-hydrogen) atoms. The molecule has 2 aromatic carbocycles. The number of benzene rings is 2. The van der Waals surface area contributed by atoms with Crippen LogP contribution in [0.4, 0.5) is 0 Å². The first-order chi connectivity index (χ1) is 16.1. The fourth-order valence-corrected chi connectivity index (χ4v) is 5.07. The molecule has 0 N–H and O–H groups in total. The van der Waals surface area contributed by atoms with E-state index < -0.39 is 0 Å². The molecule has 3 atom stereocenters. The van der Waals surface area contributed by atoms with Crippen LogP contribution in [-0.2, 0) is 16.1 Å². The quantitative estimate of drug-likeness (QED) is 0.375. The first kappa shape index (κ1) is 24.3. The van der Waals surface area contributed by atoms with Crippen molar-refractivity contribution in [2.45, 2.75) is 79.1 Å². The number of nitrogens with zero attached hydrogens (tertiary/aromatic N) is 2. The molecule has 0 aliphatic heterocycles. The average molecular weight is 463 g/mol. The molecular weight excluding hydrogens is 424 g/mol. The van der Waals surface area contributed by atoms with Crippen molar-refractivity contribution >= 4 is 17.0 Å². The number of carbonyl (C=O) groups is 1. The molecule has 0 saturated heterocycles. The van der Waals surface area contributed by atoms with Crippen molar-refractivity contribution in [2.75, 3.05) is 0 Å². The summed E-state index contributed by atoms with van der Waals surface area (Å²) in [6, 6.07) is 15.9. The zero-order valence-corrected chi connectivity index (χ0v) is 21.4. The third-order valence-electron chi connectivity index (χ3n) is 6.72.